The van der Waals surface area contributed by atoms with Crippen LogP contribution in [-0.2, 0) is 0 Å². The fourth-order valence-electron chi connectivity index (χ4n) is 2.82. The van der Waals surface area contributed by atoms with Gasteiger partial charge in [0, 0.05) is 13.1 Å². The molecule has 1 fully saturated rings. The molecule has 0 spiro atoms. The molecule has 128 valence electrons. The largest absolute Gasteiger partial charge is 0.489 e. The first-order valence-electron chi connectivity index (χ1n) is 8.70. The zero-order valence-corrected chi connectivity index (χ0v) is 14.4. The molecule has 0 atom stereocenters. The minimum absolute atomic E-state index is 0.115. The maximum absolute atomic E-state index is 5.84. The van der Waals surface area contributed by atoms with E-state index in [1.807, 2.05) is 38.1 Å². The number of nitrogens with zero attached hydrogens (tertiary/aromatic N) is 4. The Kier molecular flexibility index (Phi) is 5.46. The van der Waals surface area contributed by atoms with Crippen molar-refractivity contribution in [3.63, 3.8) is 0 Å². The first kappa shape index (κ1) is 16.5. The van der Waals surface area contributed by atoms with Crippen LogP contribution < -0.4 is 15.0 Å². The van der Waals surface area contributed by atoms with Crippen molar-refractivity contribution in [2.45, 2.75) is 45.6 Å². The number of anilines is 3. The topological polar surface area (TPSA) is 63.2 Å². The molecular weight excluding hydrogens is 302 g/mol. The van der Waals surface area contributed by atoms with E-state index in [0.29, 0.717) is 11.8 Å². The summed E-state index contributed by atoms with van der Waals surface area (Å²) < 4.78 is 5.84. The van der Waals surface area contributed by atoms with Gasteiger partial charge in [0.1, 0.15) is 5.75 Å². The Morgan fingerprint density at radius 1 is 1.08 bits per heavy atom. The van der Waals surface area contributed by atoms with Crippen molar-refractivity contribution in [3.8, 4) is 5.75 Å². The molecule has 1 N–H and O–H groups in total. The molecule has 1 aromatic carbocycles. The van der Waals surface area contributed by atoms with Gasteiger partial charge in [-0.15, -0.1) is 5.10 Å². The lowest BCUT2D eigenvalue weighted by Gasteiger charge is -2.20. The molecule has 6 heteroatoms. The number of benzene rings is 1. The van der Waals surface area contributed by atoms with E-state index in [-0.39, 0.29) is 6.10 Å². The standard InChI is InChI=1S/C18H25N5O/c1-14(2)24-16-10-6-5-9-15(16)20-17-13-19-22-18(21-17)23-11-7-3-4-8-12-23/h5-6,9-10,13-14H,3-4,7-8,11-12H2,1-2H3,(H,20,21,22). The van der Waals surface area contributed by atoms with E-state index in [0.717, 1.165) is 24.5 Å². The molecule has 0 aliphatic carbocycles. The van der Waals surface area contributed by atoms with Gasteiger partial charge in [0.25, 0.3) is 0 Å². The number of para-hydroxylation sites is 2. The molecular formula is C18H25N5O. The summed E-state index contributed by atoms with van der Waals surface area (Å²) in [5.41, 5.74) is 0.883. The van der Waals surface area contributed by atoms with Crippen molar-refractivity contribution in [1.29, 1.82) is 0 Å². The first-order chi connectivity index (χ1) is 11.7. The molecule has 1 saturated heterocycles. The zero-order chi connectivity index (χ0) is 16.8. The number of nitrogens with one attached hydrogen (secondary N) is 1. The lowest BCUT2D eigenvalue weighted by Crippen LogP contribution is -2.26. The second-order valence-corrected chi connectivity index (χ2v) is 6.33. The third-order valence-electron chi connectivity index (χ3n) is 3.95. The third-order valence-corrected chi connectivity index (χ3v) is 3.95. The highest BCUT2D eigenvalue weighted by Crippen LogP contribution is 2.27. The molecule has 2 aromatic rings. The lowest BCUT2D eigenvalue weighted by atomic mass is 10.2. The second-order valence-electron chi connectivity index (χ2n) is 6.33. The quantitative estimate of drug-likeness (QED) is 0.901. The Balaban J connectivity index is 1.77. The van der Waals surface area contributed by atoms with Crippen LogP contribution in [0.1, 0.15) is 39.5 Å². The van der Waals surface area contributed by atoms with E-state index in [4.69, 9.17) is 4.74 Å². The number of hydrogen-bond donors (Lipinski definition) is 1. The van der Waals surface area contributed by atoms with Gasteiger partial charge in [-0.2, -0.15) is 10.1 Å². The molecule has 1 aromatic heterocycles. The van der Waals surface area contributed by atoms with Crippen LogP contribution in [0, 0.1) is 0 Å². The molecule has 1 aliphatic heterocycles. The summed E-state index contributed by atoms with van der Waals surface area (Å²) in [5.74, 6) is 2.19. The molecule has 6 nitrogen and oxygen atoms in total. The van der Waals surface area contributed by atoms with Gasteiger partial charge in [-0.3, -0.25) is 0 Å². The Labute approximate surface area is 143 Å². The van der Waals surface area contributed by atoms with E-state index in [1.165, 1.54) is 25.7 Å². The minimum atomic E-state index is 0.115. The Bertz CT molecular complexity index is 653. The molecule has 24 heavy (non-hydrogen) atoms. The van der Waals surface area contributed by atoms with E-state index in [2.05, 4.69) is 25.4 Å². The second kappa shape index (κ2) is 7.95. The highest BCUT2D eigenvalue weighted by atomic mass is 16.5. The normalized spacial score (nSPS) is 15.2. The van der Waals surface area contributed by atoms with Gasteiger partial charge < -0.3 is 15.0 Å². The summed E-state index contributed by atoms with van der Waals surface area (Å²) in [7, 11) is 0. The molecule has 2 heterocycles. The van der Waals surface area contributed by atoms with Crippen LogP contribution >= 0.6 is 0 Å². The van der Waals surface area contributed by atoms with Crippen LogP contribution in [0.25, 0.3) is 0 Å². The van der Waals surface area contributed by atoms with Crippen LogP contribution in [0.3, 0.4) is 0 Å². The number of hydrogen-bond acceptors (Lipinski definition) is 6. The van der Waals surface area contributed by atoms with Crippen LogP contribution in [-0.4, -0.2) is 34.4 Å². The third kappa shape index (κ3) is 4.34. The van der Waals surface area contributed by atoms with Crippen LogP contribution in [0.4, 0.5) is 17.5 Å². The van der Waals surface area contributed by atoms with Gasteiger partial charge in [-0.25, -0.2) is 0 Å². The van der Waals surface area contributed by atoms with Crippen molar-refractivity contribution >= 4 is 17.5 Å². The van der Waals surface area contributed by atoms with Crippen LogP contribution in [0.5, 0.6) is 5.75 Å². The molecule has 0 unspecified atom stereocenters. The van der Waals surface area contributed by atoms with Gasteiger partial charge in [0.05, 0.1) is 18.0 Å². The van der Waals surface area contributed by atoms with Gasteiger partial charge in [0.15, 0.2) is 5.82 Å². The summed E-state index contributed by atoms with van der Waals surface area (Å²) in [6, 6.07) is 7.86. The highest BCUT2D eigenvalue weighted by molar-refractivity contribution is 5.64. The average Bonchev–Trinajstić information content (AvgIpc) is 2.86. The van der Waals surface area contributed by atoms with Gasteiger partial charge in [-0.1, -0.05) is 25.0 Å². The van der Waals surface area contributed by atoms with Crippen molar-refractivity contribution < 1.29 is 4.74 Å². The lowest BCUT2D eigenvalue weighted by molar-refractivity contribution is 0.244. The van der Waals surface area contributed by atoms with Crippen molar-refractivity contribution in [1.82, 2.24) is 15.2 Å². The Hall–Kier alpha value is -2.37. The molecule has 0 bridgehead atoms. The molecule has 0 amide bonds. The Morgan fingerprint density at radius 3 is 2.58 bits per heavy atom. The number of aromatic nitrogens is 3. The summed E-state index contributed by atoms with van der Waals surface area (Å²) in [6.07, 6.45) is 6.69. The van der Waals surface area contributed by atoms with Gasteiger partial charge in [-0.05, 0) is 38.8 Å². The SMILES string of the molecule is CC(C)Oc1ccccc1Nc1cnnc(N2CCCCCC2)n1. The predicted molar refractivity (Wildman–Crippen MR) is 96.0 cm³/mol. The van der Waals surface area contributed by atoms with Gasteiger partial charge >= 0.3 is 0 Å². The fourth-order valence-corrected chi connectivity index (χ4v) is 2.82. The van der Waals surface area contributed by atoms with Crippen molar-refractivity contribution in [3.05, 3.63) is 30.5 Å². The predicted octanol–water partition coefficient (Wildman–Crippen LogP) is 3.78. The summed E-state index contributed by atoms with van der Waals surface area (Å²) in [6.45, 7) is 6.03. The first-order valence-corrected chi connectivity index (χ1v) is 8.70. The number of ether oxygens (including phenoxy) is 1. The molecule has 1 aliphatic rings. The van der Waals surface area contributed by atoms with Crippen molar-refractivity contribution in [2.75, 3.05) is 23.3 Å². The smallest absolute Gasteiger partial charge is 0.247 e. The minimum Gasteiger partial charge on any atom is -0.489 e. The molecule has 0 radical (unpaired) electrons. The Morgan fingerprint density at radius 2 is 1.83 bits per heavy atom. The highest BCUT2D eigenvalue weighted by Gasteiger charge is 2.14. The summed E-state index contributed by atoms with van der Waals surface area (Å²) in [5, 5.41) is 11.6. The van der Waals surface area contributed by atoms with E-state index in [1.54, 1.807) is 6.20 Å². The maximum atomic E-state index is 5.84. The maximum Gasteiger partial charge on any atom is 0.247 e. The number of rotatable bonds is 5. The molecule has 0 saturated carbocycles. The summed E-state index contributed by atoms with van der Waals surface area (Å²) in [4.78, 5) is 6.86. The average molecular weight is 327 g/mol. The van der Waals surface area contributed by atoms with E-state index >= 15 is 0 Å². The molecule has 3 rings (SSSR count). The zero-order valence-electron chi connectivity index (χ0n) is 14.4. The van der Waals surface area contributed by atoms with Crippen LogP contribution in [0.15, 0.2) is 30.5 Å². The summed E-state index contributed by atoms with van der Waals surface area (Å²) >= 11 is 0. The van der Waals surface area contributed by atoms with E-state index in [9.17, 15) is 0 Å². The fraction of sp³-hybridized carbons (Fsp3) is 0.500. The van der Waals surface area contributed by atoms with Gasteiger partial charge in [0.2, 0.25) is 5.95 Å². The van der Waals surface area contributed by atoms with Crippen molar-refractivity contribution in [2.24, 2.45) is 0 Å². The van der Waals surface area contributed by atoms with Crippen LogP contribution in [0.2, 0.25) is 0 Å². The monoisotopic (exact) mass is 327 g/mol. The van der Waals surface area contributed by atoms with E-state index < -0.39 is 0 Å².